The Hall–Kier alpha value is -2.95. The van der Waals surface area contributed by atoms with E-state index in [1.54, 1.807) is 4.90 Å². The third-order valence-electron chi connectivity index (χ3n) is 16.5. The Bertz CT molecular complexity index is 1580. The third kappa shape index (κ3) is 27.8. The van der Waals surface area contributed by atoms with Crippen molar-refractivity contribution in [1.82, 2.24) is 9.80 Å². The molecule has 0 aromatic heterocycles. The highest BCUT2D eigenvalue weighted by atomic mass is 32.2. The maximum atomic E-state index is 13.7. The molecule has 4 aliphatic carbocycles. The molecule has 4 fully saturated rings. The molecule has 1 N–H and O–H groups in total. The van der Waals surface area contributed by atoms with Gasteiger partial charge in [-0.05, 0) is 95.7 Å². The molecule has 5 unspecified atom stereocenters. The molecule has 4 aliphatic rings. The molecule has 0 bridgehead atoms. The average molecular weight is 1090 g/mol. The van der Waals surface area contributed by atoms with Crippen LogP contribution < -0.4 is 0 Å². The molecule has 0 radical (unpaired) electrons. The number of thioether (sulfide) groups is 1. The number of aliphatic hydroxyl groups excluding tert-OH is 1. The lowest BCUT2D eigenvalue weighted by Gasteiger charge is -2.26. The minimum Gasteiger partial charge on any atom is -0.463 e. The number of ether oxygens (including phenoxy) is 6. The van der Waals surface area contributed by atoms with Crippen LogP contribution in [0.1, 0.15) is 214 Å². The summed E-state index contributed by atoms with van der Waals surface area (Å²) in [7, 11) is 3.97. The van der Waals surface area contributed by atoms with Gasteiger partial charge in [0.15, 0.2) is 12.4 Å². The number of carbonyl (C=O) groups is 6. The zero-order chi connectivity index (χ0) is 55.1. The van der Waals surface area contributed by atoms with Crippen molar-refractivity contribution in [2.45, 2.75) is 232 Å². The summed E-state index contributed by atoms with van der Waals surface area (Å²) < 4.78 is 34.8. The molecule has 16 heteroatoms. The lowest BCUT2D eigenvalue weighted by Crippen LogP contribution is -2.35. The minimum atomic E-state index is -1.30. The Morgan fingerprint density at radius 3 is 1.21 bits per heavy atom. The van der Waals surface area contributed by atoms with Gasteiger partial charge in [-0.25, -0.2) is 0 Å². The Morgan fingerprint density at radius 2 is 0.842 bits per heavy atom. The van der Waals surface area contributed by atoms with Crippen molar-refractivity contribution in [3.63, 3.8) is 0 Å². The molecular formula is C60H104N2O13S. The van der Waals surface area contributed by atoms with Crippen molar-refractivity contribution in [1.29, 1.82) is 0 Å². The molecule has 1 amide bonds. The van der Waals surface area contributed by atoms with Gasteiger partial charge in [-0.3, -0.25) is 28.8 Å². The van der Waals surface area contributed by atoms with E-state index in [-0.39, 0.29) is 112 Å². The van der Waals surface area contributed by atoms with Gasteiger partial charge in [-0.15, -0.1) is 0 Å². The number of hydrogen-bond acceptors (Lipinski definition) is 15. The van der Waals surface area contributed by atoms with Crippen LogP contribution in [0.3, 0.4) is 0 Å². The first-order valence-corrected chi connectivity index (χ1v) is 31.3. The second-order valence-electron chi connectivity index (χ2n) is 23.9. The van der Waals surface area contributed by atoms with Crippen molar-refractivity contribution in [2.24, 2.45) is 47.3 Å². The Morgan fingerprint density at radius 1 is 0.487 bits per heavy atom. The van der Waals surface area contributed by atoms with Crippen LogP contribution in [0.15, 0.2) is 0 Å². The highest BCUT2D eigenvalue weighted by molar-refractivity contribution is 8.13. The van der Waals surface area contributed by atoms with Crippen molar-refractivity contribution < 1.29 is 62.3 Å². The molecule has 0 heterocycles. The lowest BCUT2D eigenvalue weighted by atomic mass is 9.83. The fourth-order valence-corrected chi connectivity index (χ4v) is 12.7. The van der Waals surface area contributed by atoms with Crippen LogP contribution >= 0.6 is 11.8 Å². The van der Waals surface area contributed by atoms with Gasteiger partial charge in [0.25, 0.3) is 5.24 Å². The van der Waals surface area contributed by atoms with Crippen LogP contribution in [0.2, 0.25) is 0 Å². The average Bonchev–Trinajstić information content (AvgIpc) is 3.41. The number of rotatable bonds is 35. The lowest BCUT2D eigenvalue weighted by molar-refractivity contribution is -0.185. The standard InChI is InChI=1S/C60H104N2O13S/c1-44(36-48-22-11-7-12-23-48)56(65)70-40-52(41-71-57(66)45(2)37-49-24-13-8-14-25-49)74-54(63)30-19-33-62(60(69)76-35-21-32-61(5)6)34-20-31-55(64)75-53(42-72-58(67)46(3)38-50-26-15-9-16-27-50)43-73-59(68)47(4)39-51-28-17-10-18-29-51/h44-54,63H,7-43H2,1-6H3. The van der Waals surface area contributed by atoms with Crippen molar-refractivity contribution in [2.75, 3.05) is 65.9 Å². The van der Waals surface area contributed by atoms with Gasteiger partial charge < -0.3 is 43.3 Å². The number of esters is 5. The van der Waals surface area contributed by atoms with E-state index in [0.29, 0.717) is 35.8 Å². The topological polar surface area (TPSA) is 185 Å². The Balaban J connectivity index is 1.33. The van der Waals surface area contributed by atoms with E-state index < -0.39 is 24.5 Å². The van der Waals surface area contributed by atoms with Crippen LogP contribution in [0, 0.1) is 47.3 Å². The molecule has 0 saturated heterocycles. The smallest absolute Gasteiger partial charge is 0.308 e. The molecule has 0 aromatic rings. The monoisotopic (exact) mass is 1090 g/mol. The number of hydrogen-bond donors (Lipinski definition) is 1. The van der Waals surface area contributed by atoms with Gasteiger partial charge in [0.2, 0.25) is 0 Å². The van der Waals surface area contributed by atoms with Crippen molar-refractivity contribution in [3.8, 4) is 0 Å². The first kappa shape index (κ1) is 65.6. The van der Waals surface area contributed by atoms with E-state index in [1.807, 2.05) is 41.8 Å². The fourth-order valence-electron chi connectivity index (χ4n) is 11.9. The number of aliphatic hydroxyl groups is 1. The molecule has 0 spiro atoms. The third-order valence-corrected chi connectivity index (χ3v) is 17.5. The summed E-state index contributed by atoms with van der Waals surface area (Å²) >= 11 is 1.21. The predicted octanol–water partition coefficient (Wildman–Crippen LogP) is 11.9. The predicted molar refractivity (Wildman–Crippen MR) is 297 cm³/mol. The van der Waals surface area contributed by atoms with Crippen molar-refractivity contribution >= 4 is 46.8 Å². The molecular weight excluding hydrogens is 989 g/mol. The van der Waals surface area contributed by atoms with Crippen LogP contribution in [-0.2, 0) is 52.4 Å². The van der Waals surface area contributed by atoms with Crippen molar-refractivity contribution in [3.05, 3.63) is 0 Å². The zero-order valence-electron chi connectivity index (χ0n) is 48.2. The molecule has 438 valence electrons. The summed E-state index contributed by atoms with van der Waals surface area (Å²) in [6, 6.07) is 0. The Kier molecular flexibility index (Phi) is 32.6. The van der Waals surface area contributed by atoms with Gasteiger partial charge in [0.05, 0.1) is 23.7 Å². The van der Waals surface area contributed by atoms with E-state index in [9.17, 15) is 33.9 Å². The number of amides is 1. The number of nitrogens with zero attached hydrogens (tertiary/aromatic N) is 2. The van der Waals surface area contributed by atoms with E-state index in [2.05, 4.69) is 4.90 Å². The van der Waals surface area contributed by atoms with Gasteiger partial charge in [-0.2, -0.15) is 0 Å². The summed E-state index contributed by atoms with van der Waals surface area (Å²) in [5.74, 6) is -0.547. The van der Waals surface area contributed by atoms with Gasteiger partial charge in [0, 0.05) is 25.3 Å². The van der Waals surface area contributed by atoms with Gasteiger partial charge in [0.1, 0.15) is 32.5 Å². The molecule has 15 nitrogen and oxygen atoms in total. The van der Waals surface area contributed by atoms with E-state index in [0.717, 1.165) is 90.0 Å². The summed E-state index contributed by atoms with van der Waals surface area (Å²) in [5.41, 5.74) is 0. The van der Waals surface area contributed by atoms with Crippen LogP contribution in [0.25, 0.3) is 0 Å². The molecule has 5 atom stereocenters. The van der Waals surface area contributed by atoms with Gasteiger partial charge >= 0.3 is 29.8 Å². The maximum absolute atomic E-state index is 13.7. The van der Waals surface area contributed by atoms with E-state index >= 15 is 0 Å². The molecule has 4 rings (SSSR count). The van der Waals surface area contributed by atoms with Gasteiger partial charge in [-0.1, -0.05) is 168 Å². The summed E-state index contributed by atoms with van der Waals surface area (Å²) in [6.07, 6.45) is 24.7. The summed E-state index contributed by atoms with van der Waals surface area (Å²) in [4.78, 5) is 83.7. The van der Waals surface area contributed by atoms with E-state index in [4.69, 9.17) is 28.4 Å². The van der Waals surface area contributed by atoms with Crippen LogP contribution in [0.5, 0.6) is 0 Å². The van der Waals surface area contributed by atoms with Crippen LogP contribution in [0.4, 0.5) is 4.79 Å². The molecule has 0 aliphatic heterocycles. The molecule has 4 saturated carbocycles. The second-order valence-corrected chi connectivity index (χ2v) is 25.0. The second kappa shape index (κ2) is 37.8. The van der Waals surface area contributed by atoms with E-state index in [1.165, 1.54) is 88.8 Å². The zero-order valence-corrected chi connectivity index (χ0v) is 49.0. The normalized spacial score (nSPS) is 20.1. The highest BCUT2D eigenvalue weighted by Gasteiger charge is 2.30. The largest absolute Gasteiger partial charge is 0.463 e. The SMILES string of the molecule is CC(CC1CCCCC1)C(=O)OCC(COC(=O)C(C)CC1CCCCC1)OC(=O)CCCN(CCCC(O)OC(COC(=O)C(C)CC1CCCCC1)COC(=O)C(C)CC1CCCCC1)C(=O)SCCCN(C)C. The molecule has 76 heavy (non-hydrogen) atoms. The quantitative estimate of drug-likeness (QED) is 0.0273. The Labute approximate surface area is 462 Å². The minimum absolute atomic E-state index is 0.0347. The first-order chi connectivity index (χ1) is 36.6. The summed E-state index contributed by atoms with van der Waals surface area (Å²) in [6.45, 7) is 8.06. The maximum Gasteiger partial charge on any atom is 0.308 e. The fraction of sp³-hybridized carbons (Fsp3) is 0.900. The first-order valence-electron chi connectivity index (χ1n) is 30.3. The number of carbonyl (C=O) groups excluding carboxylic acids is 6. The molecule has 0 aromatic carbocycles. The van der Waals surface area contributed by atoms with Crippen LogP contribution in [-0.4, -0.2) is 134 Å². The highest BCUT2D eigenvalue weighted by Crippen LogP contribution is 2.33. The summed E-state index contributed by atoms with van der Waals surface area (Å²) in [5, 5.41) is 11.1.